The van der Waals surface area contributed by atoms with Crippen LogP contribution >= 0.6 is 11.6 Å². The minimum atomic E-state index is -3.11. The average Bonchev–Trinajstić information content (AvgIpc) is 1.86. The molecule has 0 fully saturated rings. The second-order valence-corrected chi connectivity index (χ2v) is 4.17. The fraction of sp³-hybridized carbons (Fsp3) is 0. The van der Waals surface area contributed by atoms with Crippen molar-refractivity contribution in [2.45, 2.75) is 4.90 Å². The molecule has 3 nitrogen and oxygen atoms in total. The monoisotopic (exact) mass is 190 g/mol. The van der Waals surface area contributed by atoms with Crippen molar-refractivity contribution in [3.05, 3.63) is 29.3 Å². The summed E-state index contributed by atoms with van der Waals surface area (Å²) in [5.74, 6) is 0. The highest BCUT2D eigenvalue weighted by atomic mass is 35.5. The third kappa shape index (κ3) is 2.18. The number of rotatable bonds is 1. The first-order chi connectivity index (χ1) is 5.00. The van der Waals surface area contributed by atoms with E-state index in [1.807, 2.05) is 0 Å². The van der Waals surface area contributed by atoms with Gasteiger partial charge in [-0.15, -0.1) is 0 Å². The molecule has 0 heterocycles. The van der Waals surface area contributed by atoms with E-state index in [-0.39, 0.29) is 4.90 Å². The van der Waals surface area contributed by atoms with Crippen LogP contribution in [0.25, 0.3) is 0 Å². The normalized spacial score (nSPS) is 15.8. The van der Waals surface area contributed by atoms with Crippen LogP contribution in [0.4, 0.5) is 0 Å². The second kappa shape index (κ2) is 2.81. The van der Waals surface area contributed by atoms with Gasteiger partial charge in [-0.3, -0.25) is 0 Å². The largest absolute Gasteiger partial charge is 0.241 e. The number of hydrogen-bond donors (Lipinski definition) is 2. The molecule has 11 heavy (non-hydrogen) atoms. The zero-order valence-electron chi connectivity index (χ0n) is 5.58. The maximum atomic E-state index is 10.9. The van der Waals surface area contributed by atoms with Crippen LogP contribution in [0.15, 0.2) is 29.2 Å². The molecule has 0 saturated heterocycles. The molecule has 0 spiro atoms. The first kappa shape index (κ1) is 8.52. The van der Waals surface area contributed by atoms with Crippen LogP contribution < -0.4 is 5.14 Å². The fourth-order valence-corrected chi connectivity index (χ4v) is 1.49. The number of nitrogens with one attached hydrogen (secondary N) is 1. The smallest absolute Gasteiger partial charge is 0.132 e. The van der Waals surface area contributed by atoms with E-state index in [0.29, 0.717) is 5.02 Å². The molecule has 1 aromatic rings. The van der Waals surface area contributed by atoms with E-state index in [9.17, 15) is 4.21 Å². The molecule has 0 aliphatic carbocycles. The standard InChI is InChI=1S/C6H7ClN2OS/c7-5-2-1-3-6(4-5)11(8,9)10/h1-4H,(H3,8,9,10). The lowest BCUT2D eigenvalue weighted by Crippen LogP contribution is -2.09. The summed E-state index contributed by atoms with van der Waals surface area (Å²) in [5, 5.41) is 5.50. The Morgan fingerprint density at radius 3 is 2.55 bits per heavy atom. The molecule has 1 unspecified atom stereocenters. The van der Waals surface area contributed by atoms with Gasteiger partial charge in [0.25, 0.3) is 0 Å². The number of hydrogen-bond acceptors (Lipinski definition) is 2. The van der Waals surface area contributed by atoms with E-state index in [2.05, 4.69) is 0 Å². The quantitative estimate of drug-likeness (QED) is 0.695. The lowest BCUT2D eigenvalue weighted by molar-refractivity contribution is 0.676. The highest BCUT2D eigenvalue weighted by Gasteiger charge is 2.02. The lowest BCUT2D eigenvalue weighted by atomic mass is 10.4. The summed E-state index contributed by atoms with van der Waals surface area (Å²) >= 11 is 5.59. The van der Waals surface area contributed by atoms with Crippen LogP contribution in [-0.4, -0.2) is 4.21 Å². The molecule has 1 rings (SSSR count). The van der Waals surface area contributed by atoms with Gasteiger partial charge in [-0.25, -0.2) is 14.1 Å². The molecule has 60 valence electrons. The zero-order valence-corrected chi connectivity index (χ0v) is 7.15. The predicted molar refractivity (Wildman–Crippen MR) is 44.8 cm³/mol. The minimum absolute atomic E-state index is 0.255. The Morgan fingerprint density at radius 2 is 2.18 bits per heavy atom. The summed E-state index contributed by atoms with van der Waals surface area (Å²) in [4.78, 5) is 0.255. The summed E-state index contributed by atoms with van der Waals surface area (Å²) in [5.41, 5.74) is 0. The van der Waals surface area contributed by atoms with E-state index in [1.54, 1.807) is 12.1 Å². The summed E-state index contributed by atoms with van der Waals surface area (Å²) in [7, 11) is -3.11. The Bertz CT molecular complexity index is 361. The van der Waals surface area contributed by atoms with Crippen molar-refractivity contribution in [3.63, 3.8) is 0 Å². The van der Waals surface area contributed by atoms with E-state index in [1.165, 1.54) is 12.1 Å². The van der Waals surface area contributed by atoms with Crippen LogP contribution in [0.3, 0.4) is 0 Å². The van der Waals surface area contributed by atoms with Gasteiger partial charge in [-0.2, -0.15) is 0 Å². The van der Waals surface area contributed by atoms with E-state index in [0.717, 1.165) is 0 Å². The Hall–Kier alpha value is -0.580. The summed E-state index contributed by atoms with van der Waals surface area (Å²) in [6.07, 6.45) is 0. The fourth-order valence-electron chi connectivity index (χ4n) is 0.656. The molecule has 0 bridgehead atoms. The van der Waals surface area contributed by atoms with Crippen molar-refractivity contribution in [2.75, 3.05) is 0 Å². The second-order valence-electron chi connectivity index (χ2n) is 2.06. The Labute approximate surface area is 70.3 Å². The zero-order chi connectivity index (χ0) is 8.48. The molecule has 0 aromatic heterocycles. The van der Waals surface area contributed by atoms with Gasteiger partial charge in [0.2, 0.25) is 0 Å². The summed E-state index contributed by atoms with van der Waals surface area (Å²) in [6.45, 7) is 0. The van der Waals surface area contributed by atoms with Gasteiger partial charge in [0, 0.05) is 5.02 Å². The van der Waals surface area contributed by atoms with Crippen LogP contribution in [-0.2, 0) is 9.92 Å². The van der Waals surface area contributed by atoms with Crippen LogP contribution in [0.2, 0.25) is 5.02 Å². The van der Waals surface area contributed by atoms with E-state index in [4.69, 9.17) is 21.5 Å². The van der Waals surface area contributed by atoms with Gasteiger partial charge >= 0.3 is 0 Å². The maximum absolute atomic E-state index is 10.9. The molecule has 0 radical (unpaired) electrons. The van der Waals surface area contributed by atoms with Crippen molar-refractivity contribution in [1.82, 2.24) is 0 Å². The molecular formula is C6H7ClN2OS. The third-order valence-electron chi connectivity index (χ3n) is 1.15. The molecular weight excluding hydrogens is 184 g/mol. The van der Waals surface area contributed by atoms with Crippen molar-refractivity contribution in [3.8, 4) is 0 Å². The van der Waals surface area contributed by atoms with Gasteiger partial charge < -0.3 is 0 Å². The summed E-state index contributed by atoms with van der Waals surface area (Å²) < 4.78 is 17.9. The van der Waals surface area contributed by atoms with E-state index >= 15 is 0 Å². The Balaban J connectivity index is 3.28. The van der Waals surface area contributed by atoms with Crippen LogP contribution in [0.5, 0.6) is 0 Å². The van der Waals surface area contributed by atoms with Crippen molar-refractivity contribution in [2.24, 2.45) is 5.14 Å². The Kier molecular flexibility index (Phi) is 2.17. The summed E-state index contributed by atoms with van der Waals surface area (Å²) in [6, 6.07) is 6.19. The molecule has 3 N–H and O–H groups in total. The molecule has 5 heteroatoms. The molecule has 1 aromatic carbocycles. The number of nitrogens with two attached hydrogens (primary N) is 1. The van der Waals surface area contributed by atoms with Crippen molar-refractivity contribution < 1.29 is 4.21 Å². The maximum Gasteiger partial charge on any atom is 0.132 e. The molecule has 0 saturated carbocycles. The van der Waals surface area contributed by atoms with Crippen molar-refractivity contribution >= 4 is 21.5 Å². The average molecular weight is 191 g/mol. The number of halogens is 1. The SMILES string of the molecule is N=S(N)(=O)c1cccc(Cl)c1. The van der Waals surface area contributed by atoms with Crippen LogP contribution in [0.1, 0.15) is 0 Å². The van der Waals surface area contributed by atoms with Gasteiger partial charge in [0.1, 0.15) is 9.92 Å². The molecule has 0 aliphatic rings. The van der Waals surface area contributed by atoms with Gasteiger partial charge in [0.15, 0.2) is 0 Å². The number of benzene rings is 1. The molecule has 0 amide bonds. The molecule has 1 atom stereocenters. The third-order valence-corrected chi connectivity index (χ3v) is 2.34. The topological polar surface area (TPSA) is 66.9 Å². The minimum Gasteiger partial charge on any atom is -0.241 e. The first-order valence-corrected chi connectivity index (χ1v) is 4.82. The highest BCUT2D eigenvalue weighted by Crippen LogP contribution is 2.13. The van der Waals surface area contributed by atoms with Crippen molar-refractivity contribution in [1.29, 1.82) is 4.78 Å². The predicted octanol–water partition coefficient (Wildman–Crippen LogP) is 1.62. The van der Waals surface area contributed by atoms with Gasteiger partial charge in [0.05, 0.1) is 4.90 Å². The van der Waals surface area contributed by atoms with Gasteiger partial charge in [-0.1, -0.05) is 17.7 Å². The van der Waals surface area contributed by atoms with Gasteiger partial charge in [-0.05, 0) is 18.2 Å². The van der Waals surface area contributed by atoms with E-state index < -0.39 is 9.92 Å². The lowest BCUT2D eigenvalue weighted by Gasteiger charge is -1.99. The first-order valence-electron chi connectivity index (χ1n) is 2.82. The van der Waals surface area contributed by atoms with Crippen LogP contribution in [0, 0.1) is 4.78 Å². The molecule has 0 aliphatic heterocycles. The highest BCUT2D eigenvalue weighted by molar-refractivity contribution is 7.90. The Morgan fingerprint density at radius 1 is 1.55 bits per heavy atom.